The van der Waals surface area contributed by atoms with E-state index in [2.05, 4.69) is 19.2 Å². The Morgan fingerprint density at radius 3 is 2.29 bits per heavy atom. The fourth-order valence-electron chi connectivity index (χ4n) is 2.51. The molecule has 0 saturated heterocycles. The van der Waals surface area contributed by atoms with Gasteiger partial charge in [0, 0.05) is 22.7 Å². The minimum atomic E-state index is 0.193. The highest BCUT2D eigenvalue weighted by Gasteiger charge is 2.23. The second-order valence-corrected chi connectivity index (χ2v) is 6.06. The van der Waals surface area contributed by atoms with Crippen LogP contribution in [0.3, 0.4) is 0 Å². The minimum absolute atomic E-state index is 0.193. The molecule has 1 aromatic carbocycles. The summed E-state index contributed by atoms with van der Waals surface area (Å²) in [7, 11) is 0. The van der Waals surface area contributed by atoms with Crippen molar-refractivity contribution in [3.05, 3.63) is 33.8 Å². The summed E-state index contributed by atoms with van der Waals surface area (Å²) in [6.45, 7) is 8.10. The molecule has 21 heavy (non-hydrogen) atoms. The highest BCUT2D eigenvalue weighted by atomic mass is 35.5. The smallest absolute Gasteiger partial charge is 0.0731 e. The molecule has 2 unspecified atom stereocenters. The molecule has 0 aromatic heterocycles. The van der Waals surface area contributed by atoms with Crippen LogP contribution in [0.25, 0.3) is 0 Å². The number of nitrogens with one attached hydrogen (secondary N) is 1. The van der Waals surface area contributed by atoms with Gasteiger partial charge in [0.25, 0.3) is 0 Å². The van der Waals surface area contributed by atoms with Crippen molar-refractivity contribution < 1.29 is 4.74 Å². The van der Waals surface area contributed by atoms with Gasteiger partial charge in [-0.25, -0.2) is 0 Å². The van der Waals surface area contributed by atoms with Crippen molar-refractivity contribution in [2.24, 2.45) is 0 Å². The Bertz CT molecular complexity index is 386. The predicted molar refractivity (Wildman–Crippen MR) is 92.6 cm³/mol. The maximum absolute atomic E-state index is 6.31. The molecule has 0 amide bonds. The highest BCUT2D eigenvalue weighted by Crippen LogP contribution is 2.27. The highest BCUT2D eigenvalue weighted by molar-refractivity contribution is 6.36. The molecule has 0 fully saturated rings. The van der Waals surface area contributed by atoms with Crippen molar-refractivity contribution in [1.29, 1.82) is 0 Å². The fourth-order valence-corrected chi connectivity index (χ4v) is 3.06. The van der Waals surface area contributed by atoms with Crippen molar-refractivity contribution >= 4 is 23.2 Å². The van der Waals surface area contributed by atoms with E-state index in [0.717, 1.165) is 54.4 Å². The van der Waals surface area contributed by atoms with Gasteiger partial charge in [0.1, 0.15) is 0 Å². The van der Waals surface area contributed by atoms with E-state index in [1.54, 1.807) is 0 Å². The SMILES string of the molecule is CCCNC(Cc1c(Cl)cccc1Cl)C(CCC)OCC. The van der Waals surface area contributed by atoms with Gasteiger partial charge in [-0.3, -0.25) is 0 Å². The molecule has 4 heteroatoms. The molecule has 0 aliphatic heterocycles. The average Bonchev–Trinajstić information content (AvgIpc) is 2.46. The summed E-state index contributed by atoms with van der Waals surface area (Å²) in [5.74, 6) is 0. The zero-order valence-corrected chi connectivity index (χ0v) is 14.8. The van der Waals surface area contributed by atoms with Crippen molar-refractivity contribution in [3.8, 4) is 0 Å². The first kappa shape index (κ1) is 18.8. The average molecular weight is 332 g/mol. The van der Waals surface area contributed by atoms with E-state index in [0.29, 0.717) is 0 Å². The summed E-state index contributed by atoms with van der Waals surface area (Å²) in [6, 6.07) is 5.92. The molecule has 2 nitrogen and oxygen atoms in total. The van der Waals surface area contributed by atoms with E-state index in [1.807, 2.05) is 25.1 Å². The Hall–Kier alpha value is -0.280. The lowest BCUT2D eigenvalue weighted by Crippen LogP contribution is -2.43. The predicted octanol–water partition coefficient (Wildman–Crippen LogP) is 5.11. The topological polar surface area (TPSA) is 21.3 Å². The molecule has 0 saturated carbocycles. The normalized spacial score (nSPS) is 14.1. The van der Waals surface area contributed by atoms with Gasteiger partial charge in [0.05, 0.1) is 6.10 Å². The number of hydrogen-bond donors (Lipinski definition) is 1. The molecule has 0 aliphatic rings. The largest absolute Gasteiger partial charge is 0.377 e. The first-order valence-corrected chi connectivity index (χ1v) is 8.67. The lowest BCUT2D eigenvalue weighted by atomic mass is 9.97. The third-order valence-electron chi connectivity index (χ3n) is 3.54. The van der Waals surface area contributed by atoms with Crippen LogP contribution in [0.2, 0.25) is 10.0 Å². The summed E-state index contributed by atoms with van der Waals surface area (Å²) in [4.78, 5) is 0. The minimum Gasteiger partial charge on any atom is -0.377 e. The molecule has 0 bridgehead atoms. The van der Waals surface area contributed by atoms with Crippen LogP contribution in [0.4, 0.5) is 0 Å². The van der Waals surface area contributed by atoms with Crippen LogP contribution in [0.15, 0.2) is 18.2 Å². The second-order valence-electron chi connectivity index (χ2n) is 5.25. The summed E-state index contributed by atoms with van der Waals surface area (Å²) in [5.41, 5.74) is 1.01. The van der Waals surface area contributed by atoms with Crippen LogP contribution in [0.1, 0.15) is 45.6 Å². The van der Waals surface area contributed by atoms with Gasteiger partial charge in [-0.05, 0) is 50.4 Å². The van der Waals surface area contributed by atoms with Crippen LogP contribution >= 0.6 is 23.2 Å². The van der Waals surface area contributed by atoms with E-state index in [4.69, 9.17) is 27.9 Å². The maximum Gasteiger partial charge on any atom is 0.0731 e. The lowest BCUT2D eigenvalue weighted by molar-refractivity contribution is 0.0282. The molecule has 0 spiro atoms. The van der Waals surface area contributed by atoms with Crippen LogP contribution in [-0.4, -0.2) is 25.3 Å². The zero-order valence-electron chi connectivity index (χ0n) is 13.3. The van der Waals surface area contributed by atoms with Gasteiger partial charge in [0.2, 0.25) is 0 Å². The number of ether oxygens (including phenoxy) is 1. The molecule has 0 radical (unpaired) electrons. The monoisotopic (exact) mass is 331 g/mol. The van der Waals surface area contributed by atoms with E-state index in [-0.39, 0.29) is 12.1 Å². The van der Waals surface area contributed by atoms with E-state index in [9.17, 15) is 0 Å². The summed E-state index contributed by atoms with van der Waals surface area (Å²) in [5, 5.41) is 5.07. The summed E-state index contributed by atoms with van der Waals surface area (Å²) in [6.07, 6.45) is 4.22. The van der Waals surface area contributed by atoms with Gasteiger partial charge in [-0.2, -0.15) is 0 Å². The third-order valence-corrected chi connectivity index (χ3v) is 4.25. The van der Waals surface area contributed by atoms with Crippen molar-refractivity contribution in [2.75, 3.05) is 13.2 Å². The summed E-state index contributed by atoms with van der Waals surface area (Å²) < 4.78 is 5.94. The molecule has 1 rings (SSSR count). The van der Waals surface area contributed by atoms with Crippen LogP contribution in [-0.2, 0) is 11.2 Å². The van der Waals surface area contributed by atoms with Gasteiger partial charge >= 0.3 is 0 Å². The van der Waals surface area contributed by atoms with Crippen LogP contribution < -0.4 is 5.32 Å². The molecule has 0 aliphatic carbocycles. The van der Waals surface area contributed by atoms with Crippen LogP contribution in [0.5, 0.6) is 0 Å². The number of benzene rings is 1. The molecular weight excluding hydrogens is 305 g/mol. The first-order valence-electron chi connectivity index (χ1n) is 7.91. The molecular formula is C17H27Cl2NO. The van der Waals surface area contributed by atoms with E-state index >= 15 is 0 Å². The molecule has 2 atom stereocenters. The molecule has 1 aromatic rings. The molecule has 120 valence electrons. The lowest BCUT2D eigenvalue weighted by Gasteiger charge is -2.28. The number of rotatable bonds is 10. The Morgan fingerprint density at radius 1 is 1.10 bits per heavy atom. The Labute approximate surface area is 139 Å². The molecule has 1 N–H and O–H groups in total. The van der Waals surface area contributed by atoms with Crippen LogP contribution in [0, 0.1) is 0 Å². The van der Waals surface area contributed by atoms with E-state index < -0.39 is 0 Å². The van der Waals surface area contributed by atoms with E-state index in [1.165, 1.54) is 0 Å². The zero-order chi connectivity index (χ0) is 15.7. The fraction of sp³-hybridized carbons (Fsp3) is 0.647. The van der Waals surface area contributed by atoms with Gasteiger partial charge in [0.15, 0.2) is 0 Å². The Morgan fingerprint density at radius 2 is 1.76 bits per heavy atom. The molecule has 0 heterocycles. The Kier molecular flexibility index (Phi) is 9.34. The Balaban J connectivity index is 2.90. The standard InChI is InChI=1S/C17H27Cl2NO/c1-4-8-17(21-6-3)16(20-11-5-2)12-13-14(18)9-7-10-15(13)19/h7,9-10,16-17,20H,4-6,8,11-12H2,1-3H3. The third kappa shape index (κ3) is 6.15. The van der Waals surface area contributed by atoms with Gasteiger partial charge in [-0.1, -0.05) is 49.5 Å². The van der Waals surface area contributed by atoms with Gasteiger partial charge in [-0.15, -0.1) is 0 Å². The second kappa shape index (κ2) is 10.4. The van der Waals surface area contributed by atoms with Crippen molar-refractivity contribution in [2.45, 2.75) is 58.6 Å². The number of halogens is 2. The van der Waals surface area contributed by atoms with Crippen molar-refractivity contribution in [3.63, 3.8) is 0 Å². The number of hydrogen-bond acceptors (Lipinski definition) is 2. The quantitative estimate of drug-likeness (QED) is 0.643. The summed E-state index contributed by atoms with van der Waals surface area (Å²) >= 11 is 12.6. The van der Waals surface area contributed by atoms with Gasteiger partial charge < -0.3 is 10.1 Å². The van der Waals surface area contributed by atoms with Crippen molar-refractivity contribution in [1.82, 2.24) is 5.32 Å². The first-order chi connectivity index (χ1) is 10.1. The maximum atomic E-state index is 6.31.